The predicted octanol–water partition coefficient (Wildman–Crippen LogP) is 3.22. The van der Waals surface area contributed by atoms with Gasteiger partial charge in [-0.2, -0.15) is 5.10 Å². The molecule has 3 aromatic rings. The maximum Gasteiger partial charge on any atom is 0.256 e. The van der Waals surface area contributed by atoms with Crippen LogP contribution in [0.1, 0.15) is 53.3 Å². The molecule has 3 N–H and O–H groups in total. The van der Waals surface area contributed by atoms with E-state index in [0.29, 0.717) is 24.0 Å². The van der Waals surface area contributed by atoms with Gasteiger partial charge in [0.15, 0.2) is 5.65 Å². The fourth-order valence-corrected chi connectivity index (χ4v) is 6.09. The summed E-state index contributed by atoms with van der Waals surface area (Å²) in [7, 11) is -3.58. The van der Waals surface area contributed by atoms with Crippen LogP contribution < -0.4 is 15.4 Å². The van der Waals surface area contributed by atoms with Crippen LogP contribution in [-0.2, 0) is 10.0 Å². The summed E-state index contributed by atoms with van der Waals surface area (Å²) in [6.45, 7) is 5.07. The first-order chi connectivity index (χ1) is 17.6. The third kappa shape index (κ3) is 5.39. The maximum atomic E-state index is 13.8. The van der Waals surface area contributed by atoms with Crippen LogP contribution >= 0.6 is 11.6 Å². The molecule has 0 unspecified atom stereocenters. The molecule has 2 fully saturated rings. The second-order valence-corrected chi connectivity index (χ2v) is 12.2. The molecular weight excluding hydrogens is 514 g/mol. The molecule has 12 heteroatoms. The third-order valence-corrected chi connectivity index (χ3v) is 7.98. The number of aromatic nitrogens is 3. The number of fused-ring (bicyclic) bond motifs is 1. The summed E-state index contributed by atoms with van der Waals surface area (Å²) in [5.74, 6) is 1.14. The summed E-state index contributed by atoms with van der Waals surface area (Å²) < 4.78 is 28.0. The summed E-state index contributed by atoms with van der Waals surface area (Å²) in [6, 6.07) is 6.27. The number of hydrogen-bond acceptors (Lipinski definition) is 7. The third-order valence-electron chi connectivity index (χ3n) is 7.16. The van der Waals surface area contributed by atoms with E-state index in [9.17, 15) is 13.2 Å². The lowest BCUT2D eigenvalue weighted by molar-refractivity contribution is 0.0607. The van der Waals surface area contributed by atoms with Crippen LogP contribution in [0.25, 0.3) is 5.65 Å². The highest BCUT2D eigenvalue weighted by molar-refractivity contribution is 7.92. The lowest BCUT2D eigenvalue weighted by atomic mass is 9.98. The van der Waals surface area contributed by atoms with Crippen molar-refractivity contribution in [3.63, 3.8) is 0 Å². The minimum absolute atomic E-state index is 0.208. The molecule has 0 bridgehead atoms. The number of nitrogens with zero attached hydrogens (tertiary/aromatic N) is 5. The molecule has 2 atom stereocenters. The molecule has 10 nitrogen and oxygen atoms in total. The fourth-order valence-electron chi connectivity index (χ4n) is 5.34. The number of piperidine rings is 1. The number of rotatable bonds is 6. The smallest absolute Gasteiger partial charge is 0.256 e. The monoisotopic (exact) mass is 545 g/mol. The average Bonchev–Trinajstić information content (AvgIpc) is 3.50. The van der Waals surface area contributed by atoms with E-state index >= 15 is 0 Å². The van der Waals surface area contributed by atoms with Crippen LogP contribution in [0.15, 0.2) is 30.5 Å². The molecule has 0 spiro atoms. The lowest BCUT2D eigenvalue weighted by Crippen LogP contribution is -2.39. The molecule has 2 aliphatic heterocycles. The van der Waals surface area contributed by atoms with Crippen molar-refractivity contribution in [1.82, 2.24) is 19.5 Å². The first kappa shape index (κ1) is 25.7. The van der Waals surface area contributed by atoms with Gasteiger partial charge in [-0.25, -0.2) is 17.9 Å². The van der Waals surface area contributed by atoms with Crippen molar-refractivity contribution >= 4 is 44.7 Å². The number of aryl methyl sites for hydroxylation is 1. The summed E-state index contributed by atoms with van der Waals surface area (Å²) in [6.07, 6.45) is 6.66. The normalized spacial score (nSPS) is 20.5. The summed E-state index contributed by atoms with van der Waals surface area (Å²) in [4.78, 5) is 22.7. The number of amides is 1. The van der Waals surface area contributed by atoms with Crippen LogP contribution in [0, 0.1) is 12.8 Å². The van der Waals surface area contributed by atoms with Gasteiger partial charge in [0.05, 0.1) is 29.2 Å². The van der Waals surface area contributed by atoms with Gasteiger partial charge < -0.3 is 15.5 Å². The van der Waals surface area contributed by atoms with E-state index in [0.717, 1.165) is 67.8 Å². The SMILES string of the molecule is Cc1cn2nc([C@@H]3CCCCN3C(=O)c3cc(Cl)ccc3NS(C)(=O)=O)cc2nc1N1CC[C@@H](CN)C1. The van der Waals surface area contributed by atoms with Crippen molar-refractivity contribution in [1.29, 1.82) is 0 Å². The number of halogens is 1. The molecule has 4 heterocycles. The Morgan fingerprint density at radius 2 is 2.03 bits per heavy atom. The standard InChI is InChI=1S/C25H32ClN7O3S/c1-16-14-33-23(28-24(16)31-10-8-17(13-27)15-31)12-21(29-33)22-5-3-4-9-32(22)25(34)19-11-18(26)6-7-20(19)30-37(2,35)36/h6-7,11-12,14,17,22,30H,3-5,8-10,13,15,27H2,1-2H3/t17-,22-/m0/s1. The molecule has 198 valence electrons. The topological polar surface area (TPSA) is 126 Å². The number of likely N-dealkylation sites (tertiary alicyclic amines) is 1. The zero-order chi connectivity index (χ0) is 26.3. The summed E-state index contributed by atoms with van der Waals surface area (Å²) in [5, 5.41) is 5.16. The molecule has 1 amide bonds. The predicted molar refractivity (Wildman–Crippen MR) is 145 cm³/mol. The van der Waals surface area contributed by atoms with Crippen molar-refractivity contribution in [2.45, 2.75) is 38.6 Å². The highest BCUT2D eigenvalue weighted by atomic mass is 35.5. The maximum absolute atomic E-state index is 13.8. The molecule has 5 rings (SSSR count). The summed E-state index contributed by atoms with van der Waals surface area (Å²) >= 11 is 6.20. The Bertz CT molecular complexity index is 1440. The lowest BCUT2D eigenvalue weighted by Gasteiger charge is -2.35. The Labute approximate surface area is 221 Å². The number of anilines is 2. The molecule has 0 radical (unpaired) electrons. The van der Waals surface area contributed by atoms with Crippen LogP contribution in [0.3, 0.4) is 0 Å². The number of sulfonamides is 1. The minimum atomic E-state index is -3.58. The number of nitrogens with one attached hydrogen (secondary N) is 1. The average molecular weight is 546 g/mol. The van der Waals surface area contributed by atoms with E-state index in [4.69, 9.17) is 27.4 Å². The van der Waals surface area contributed by atoms with Crippen LogP contribution in [0.2, 0.25) is 5.02 Å². The van der Waals surface area contributed by atoms with E-state index < -0.39 is 10.0 Å². The van der Waals surface area contributed by atoms with Crippen molar-refractivity contribution in [3.8, 4) is 0 Å². The number of benzene rings is 1. The second-order valence-electron chi connectivity index (χ2n) is 10.0. The number of carbonyl (C=O) groups is 1. The largest absolute Gasteiger partial charge is 0.356 e. The summed E-state index contributed by atoms with van der Waals surface area (Å²) in [5.41, 5.74) is 8.83. The van der Waals surface area contributed by atoms with Gasteiger partial charge in [0.2, 0.25) is 10.0 Å². The molecule has 37 heavy (non-hydrogen) atoms. The first-order valence-electron chi connectivity index (χ1n) is 12.5. The Kier molecular flexibility index (Phi) is 7.03. The van der Waals surface area contributed by atoms with Gasteiger partial charge in [0.1, 0.15) is 5.82 Å². The molecular formula is C25H32ClN7O3S. The molecule has 2 saturated heterocycles. The van der Waals surface area contributed by atoms with Gasteiger partial charge in [-0.05, 0) is 63.3 Å². The van der Waals surface area contributed by atoms with Crippen LogP contribution in [0.4, 0.5) is 11.5 Å². The van der Waals surface area contributed by atoms with Crippen LogP contribution in [-0.4, -0.2) is 66.3 Å². The van der Waals surface area contributed by atoms with Gasteiger partial charge in [0, 0.05) is 42.5 Å². The number of carbonyl (C=O) groups excluding carboxylic acids is 1. The Morgan fingerprint density at radius 1 is 1.22 bits per heavy atom. The second kappa shape index (κ2) is 10.1. The molecule has 1 aromatic carbocycles. The van der Waals surface area contributed by atoms with Gasteiger partial charge in [-0.15, -0.1) is 0 Å². The van der Waals surface area contributed by atoms with Gasteiger partial charge in [-0.1, -0.05) is 11.6 Å². The molecule has 0 saturated carbocycles. The van der Waals surface area contributed by atoms with Crippen molar-refractivity contribution in [2.24, 2.45) is 11.7 Å². The fraction of sp³-hybridized carbons (Fsp3) is 0.480. The van der Waals surface area contributed by atoms with E-state index in [1.807, 2.05) is 19.2 Å². The van der Waals surface area contributed by atoms with E-state index in [2.05, 4.69) is 9.62 Å². The Morgan fingerprint density at radius 3 is 2.76 bits per heavy atom. The van der Waals surface area contributed by atoms with Crippen molar-refractivity contribution in [3.05, 3.63) is 52.3 Å². The Balaban J connectivity index is 1.47. The zero-order valence-corrected chi connectivity index (χ0v) is 22.6. The molecule has 2 aliphatic rings. The minimum Gasteiger partial charge on any atom is -0.356 e. The van der Waals surface area contributed by atoms with E-state index in [1.165, 1.54) is 12.1 Å². The number of hydrogen-bond donors (Lipinski definition) is 2. The van der Waals surface area contributed by atoms with Crippen LogP contribution in [0.5, 0.6) is 0 Å². The Hall–Kier alpha value is -2.89. The van der Waals surface area contributed by atoms with Gasteiger partial charge in [-0.3, -0.25) is 9.52 Å². The quantitative estimate of drug-likeness (QED) is 0.487. The van der Waals surface area contributed by atoms with Crippen molar-refractivity contribution in [2.75, 3.05) is 42.1 Å². The van der Waals surface area contributed by atoms with Crippen molar-refractivity contribution < 1.29 is 13.2 Å². The van der Waals surface area contributed by atoms with Gasteiger partial charge in [0.25, 0.3) is 5.91 Å². The van der Waals surface area contributed by atoms with E-state index in [1.54, 1.807) is 15.5 Å². The molecule has 2 aromatic heterocycles. The highest BCUT2D eigenvalue weighted by Gasteiger charge is 2.32. The first-order valence-corrected chi connectivity index (χ1v) is 14.8. The van der Waals surface area contributed by atoms with E-state index in [-0.39, 0.29) is 23.2 Å². The number of nitrogens with two attached hydrogens (primary N) is 1. The highest BCUT2D eigenvalue weighted by Crippen LogP contribution is 2.34. The zero-order valence-electron chi connectivity index (χ0n) is 21.0. The van der Waals surface area contributed by atoms with Gasteiger partial charge >= 0.3 is 0 Å². The molecule has 0 aliphatic carbocycles.